The van der Waals surface area contributed by atoms with E-state index in [1.165, 1.54) is 0 Å². The van der Waals surface area contributed by atoms with Gasteiger partial charge in [0.15, 0.2) is 6.16 Å². The summed E-state index contributed by atoms with van der Waals surface area (Å²) >= 11 is 0. The van der Waals surface area contributed by atoms with Crippen molar-refractivity contribution in [1.29, 1.82) is 0 Å². The van der Waals surface area contributed by atoms with Crippen molar-refractivity contribution in [2.24, 2.45) is 0 Å². The Balaban J connectivity index is 0.00000320. The van der Waals surface area contributed by atoms with E-state index in [2.05, 4.69) is 19.7 Å². The van der Waals surface area contributed by atoms with Crippen LogP contribution in [0.3, 0.4) is 0 Å². The van der Waals surface area contributed by atoms with E-state index in [0.717, 1.165) is 32.6 Å². The monoisotopic (exact) mass is 479 g/mol. The molecule has 4 heteroatoms. The number of rotatable bonds is 8. The number of halogens is 1. The Morgan fingerprint density at radius 3 is 1.13 bits per heavy atom. The summed E-state index contributed by atoms with van der Waals surface area (Å²) in [6, 6.07) is 24.2. The van der Waals surface area contributed by atoms with Crippen molar-refractivity contribution in [3.63, 3.8) is 0 Å². The highest BCUT2D eigenvalue weighted by molar-refractivity contribution is 8.93. The molecule has 0 aliphatic carbocycles. The Bertz CT molecular complexity index is 911. The minimum Gasteiger partial charge on any atom is -0.479 e. The normalized spacial score (nSPS) is 10.5. The van der Waals surface area contributed by atoms with Crippen molar-refractivity contribution in [2.75, 3.05) is 6.16 Å². The van der Waals surface area contributed by atoms with Crippen LogP contribution in [0.25, 0.3) is 18.2 Å². The zero-order valence-electron chi connectivity index (χ0n) is 16.7. The molecule has 0 saturated carbocycles. The van der Waals surface area contributed by atoms with Crippen molar-refractivity contribution in [3.05, 3.63) is 109 Å². The van der Waals surface area contributed by atoms with Crippen molar-refractivity contribution < 1.29 is 9.90 Å². The van der Waals surface area contributed by atoms with Gasteiger partial charge in [-0.1, -0.05) is 74.4 Å². The molecule has 0 fully saturated rings. The zero-order valence-corrected chi connectivity index (χ0v) is 19.3. The van der Waals surface area contributed by atoms with E-state index in [1.807, 2.05) is 72.8 Å². The molecule has 30 heavy (non-hydrogen) atoms. The Morgan fingerprint density at radius 2 is 0.933 bits per heavy atom. The molecule has 0 spiro atoms. The van der Waals surface area contributed by atoms with E-state index in [0.29, 0.717) is 0 Å². The van der Waals surface area contributed by atoms with Gasteiger partial charge >= 0.3 is 5.97 Å². The lowest BCUT2D eigenvalue weighted by Gasteiger charge is -2.26. The van der Waals surface area contributed by atoms with Gasteiger partial charge in [0, 0.05) is 0 Å². The largest absolute Gasteiger partial charge is 0.479 e. The van der Waals surface area contributed by atoms with Gasteiger partial charge in [-0.05, 0) is 53.1 Å². The summed E-state index contributed by atoms with van der Waals surface area (Å²) in [5.74, 6) is -0.813. The van der Waals surface area contributed by atoms with Gasteiger partial charge in [-0.2, -0.15) is 0 Å². The number of carboxylic acid groups (broad SMARTS) is 1. The molecule has 0 heterocycles. The van der Waals surface area contributed by atoms with Crippen LogP contribution in [-0.2, 0) is 4.79 Å². The van der Waals surface area contributed by atoms with E-state index >= 15 is 0 Å². The first-order valence-corrected chi connectivity index (χ1v) is 11.3. The second-order valence-corrected chi connectivity index (χ2v) is 10.2. The minimum absolute atomic E-state index is 0. The summed E-state index contributed by atoms with van der Waals surface area (Å²) in [5.41, 5.74) is 3.02. The highest BCUT2D eigenvalue weighted by atomic mass is 79.9. The number of carboxylic acids is 1. The van der Waals surface area contributed by atoms with Crippen LogP contribution in [0.4, 0.5) is 0 Å². The van der Waals surface area contributed by atoms with Gasteiger partial charge in [0.2, 0.25) is 0 Å². The summed E-state index contributed by atoms with van der Waals surface area (Å²) in [4.78, 5) is 12.1. The third-order valence-electron chi connectivity index (χ3n) is 5.08. The van der Waals surface area contributed by atoms with Crippen molar-refractivity contribution >= 4 is 64.4 Å². The van der Waals surface area contributed by atoms with Crippen molar-refractivity contribution in [3.8, 4) is 0 Å². The third kappa shape index (κ3) is 4.70. The van der Waals surface area contributed by atoms with Gasteiger partial charge in [-0.25, -0.2) is 4.79 Å². The first kappa shape index (κ1) is 23.5. The molecule has 3 rings (SSSR count). The average Bonchev–Trinajstić information content (AvgIpc) is 2.77. The molecule has 0 aliphatic heterocycles. The number of aliphatic carboxylic acids is 1. The van der Waals surface area contributed by atoms with Crippen LogP contribution >= 0.6 is 24.2 Å². The molecule has 0 radical (unpaired) electrons. The van der Waals surface area contributed by atoms with E-state index in [9.17, 15) is 9.90 Å². The molecule has 1 N–H and O–H groups in total. The molecule has 3 aromatic rings. The molecule has 3 aromatic carbocycles. The molecule has 0 unspecified atom stereocenters. The first-order valence-electron chi connectivity index (χ1n) is 9.32. The van der Waals surface area contributed by atoms with Gasteiger partial charge in [-0.15, -0.1) is 17.0 Å². The van der Waals surface area contributed by atoms with Crippen LogP contribution in [0, 0.1) is 0 Å². The lowest BCUT2D eigenvalue weighted by molar-refractivity contribution is -0.134. The van der Waals surface area contributed by atoms with Gasteiger partial charge in [0.1, 0.15) is 23.2 Å². The van der Waals surface area contributed by atoms with Gasteiger partial charge in [-0.3, -0.25) is 0 Å². The molecule has 0 atom stereocenters. The molecule has 0 amide bonds. The topological polar surface area (TPSA) is 37.3 Å². The Kier molecular flexibility index (Phi) is 8.11. The fourth-order valence-corrected chi connectivity index (χ4v) is 7.34. The number of hydrogen-bond donors (Lipinski definition) is 1. The summed E-state index contributed by atoms with van der Waals surface area (Å²) in [6.45, 7) is 11.5. The molecule has 152 valence electrons. The lowest BCUT2D eigenvalue weighted by Crippen LogP contribution is -2.35. The van der Waals surface area contributed by atoms with Crippen LogP contribution in [-0.4, -0.2) is 17.2 Å². The van der Waals surface area contributed by atoms with E-state index in [-0.39, 0.29) is 23.1 Å². The van der Waals surface area contributed by atoms with Gasteiger partial charge < -0.3 is 5.11 Å². The number of hydrogen-bond acceptors (Lipinski definition) is 1. The van der Waals surface area contributed by atoms with Crippen molar-refractivity contribution in [1.82, 2.24) is 0 Å². The second kappa shape index (κ2) is 10.3. The fourth-order valence-electron chi connectivity index (χ4n) is 3.52. The molecular weight excluding hydrogens is 455 g/mol. The van der Waals surface area contributed by atoms with E-state index in [4.69, 9.17) is 0 Å². The lowest BCUT2D eigenvalue weighted by atomic mass is 10.2. The van der Waals surface area contributed by atoms with Crippen LogP contribution in [0.2, 0.25) is 0 Å². The zero-order chi connectivity index (χ0) is 20.9. The highest BCUT2D eigenvalue weighted by Gasteiger charge is 2.47. The van der Waals surface area contributed by atoms with Crippen LogP contribution in [0.5, 0.6) is 0 Å². The maximum atomic E-state index is 12.1. The molecule has 0 bridgehead atoms. The molecule has 0 aromatic heterocycles. The van der Waals surface area contributed by atoms with E-state index in [1.54, 1.807) is 18.2 Å². The third-order valence-corrected chi connectivity index (χ3v) is 9.37. The number of benzene rings is 3. The summed E-state index contributed by atoms with van der Waals surface area (Å²) in [7, 11) is -2.40. The first-order chi connectivity index (χ1) is 14.0. The maximum absolute atomic E-state index is 12.1. The van der Waals surface area contributed by atoms with Gasteiger partial charge in [0.05, 0.1) is 0 Å². The smallest absolute Gasteiger partial charge is 0.342 e. The summed E-state index contributed by atoms with van der Waals surface area (Å²) in [5, 5.41) is 13.0. The van der Waals surface area contributed by atoms with Crippen LogP contribution < -0.4 is 15.9 Å². The second-order valence-electron chi connectivity index (χ2n) is 6.75. The Morgan fingerprint density at radius 1 is 0.667 bits per heavy atom. The fraction of sp³-hybridized carbons (Fsp3) is 0.0385. The molecular formula is C26H25BrO2P+. The SMILES string of the molecule is Br.C=Cc1ccc([P+](CC(=O)O)(c2ccc(C=C)cc2)c2ccc(C=C)cc2)cc1. The maximum Gasteiger partial charge on any atom is 0.342 e. The van der Waals surface area contributed by atoms with Crippen molar-refractivity contribution in [2.45, 2.75) is 0 Å². The van der Waals surface area contributed by atoms with Crippen LogP contribution in [0.1, 0.15) is 16.7 Å². The Labute approximate surface area is 189 Å². The highest BCUT2D eigenvalue weighted by Crippen LogP contribution is 2.55. The molecule has 2 nitrogen and oxygen atoms in total. The standard InChI is InChI=1S/C26H23O2P.BrH/c1-4-20-7-13-23(14-8-20)29(19-26(27)28,24-15-9-21(5-2)10-16-24)25-17-11-22(6-3)12-18-25;/h4-18H,1-3,19H2;1H/p+1. The average molecular weight is 480 g/mol. The van der Waals surface area contributed by atoms with Gasteiger partial charge in [0.25, 0.3) is 0 Å². The Hall–Kier alpha value is -2.74. The summed E-state index contributed by atoms with van der Waals surface area (Å²) < 4.78 is 0. The minimum atomic E-state index is -2.40. The molecule has 0 aliphatic rings. The quantitative estimate of drug-likeness (QED) is 0.428. The molecule has 0 saturated heterocycles. The summed E-state index contributed by atoms with van der Waals surface area (Å²) in [6.07, 6.45) is 5.41. The predicted octanol–water partition coefficient (Wildman–Crippen LogP) is 5.57. The number of carbonyl (C=O) groups is 1. The van der Waals surface area contributed by atoms with E-state index < -0.39 is 13.2 Å². The predicted molar refractivity (Wildman–Crippen MR) is 138 cm³/mol. The van der Waals surface area contributed by atoms with Crippen LogP contribution in [0.15, 0.2) is 92.5 Å².